The lowest BCUT2D eigenvalue weighted by Gasteiger charge is -2.13. The monoisotopic (exact) mass is 1450 g/mol. The fourth-order valence-electron chi connectivity index (χ4n) is 6.27. The van der Waals surface area contributed by atoms with E-state index in [9.17, 15) is 19.2 Å². The SMILES string of the molecule is CC(=O)OC(C)=O.CCN(CC)CC.CCOC(C)=O.COCCOCCOCCOCCOCCOCCOCCOCCOCCOCCOCCOCCO.COCCOCCOCCOCCOCCOCCOCCOCCOCCOCCOCCOCCOC(C)=O. The number of hydrogen-bond donors (Lipinski definition) is 1. The van der Waals surface area contributed by atoms with Gasteiger partial charge in [-0.1, -0.05) is 20.8 Å². The Bertz CT molecular complexity index is 1450. The Morgan fingerprint density at radius 1 is 0.222 bits per heavy atom. The van der Waals surface area contributed by atoms with Gasteiger partial charge in [-0.25, -0.2) is 0 Å². The summed E-state index contributed by atoms with van der Waals surface area (Å²) in [6, 6.07) is 0. The van der Waals surface area contributed by atoms with Gasteiger partial charge in [0.1, 0.15) is 6.61 Å². The molecule has 0 atom stereocenters. The minimum Gasteiger partial charge on any atom is -0.466 e. The van der Waals surface area contributed by atoms with Crippen molar-refractivity contribution >= 4 is 23.9 Å². The molecule has 1 N–H and O–H groups in total. The number of aliphatic hydroxyl groups excluding tert-OH is 1. The third kappa shape index (κ3) is 119. The number of carbonyl (C=O) groups excluding carboxylic acids is 4. The molecule has 0 aromatic heterocycles. The van der Waals surface area contributed by atoms with Crippen molar-refractivity contribution in [3.05, 3.63) is 0 Å². The van der Waals surface area contributed by atoms with Gasteiger partial charge in [-0.05, 0) is 26.6 Å². The summed E-state index contributed by atoms with van der Waals surface area (Å²) in [4.78, 5) is 42.4. The van der Waals surface area contributed by atoms with Crippen molar-refractivity contribution in [3.8, 4) is 0 Å². The summed E-state index contributed by atoms with van der Waals surface area (Å²) in [7, 11) is 3.29. The van der Waals surface area contributed by atoms with Crippen molar-refractivity contribution < 1.29 is 152 Å². The molecule has 0 aromatic rings. The van der Waals surface area contributed by atoms with Crippen LogP contribution in [0.5, 0.6) is 0 Å². The largest absolute Gasteiger partial charge is 0.466 e. The van der Waals surface area contributed by atoms with Crippen LogP contribution in [0.3, 0.4) is 0 Å². The van der Waals surface area contributed by atoms with Crippen LogP contribution in [-0.4, -0.2) is 391 Å². The predicted octanol–water partition coefficient (Wildman–Crippen LogP) is 2.20. The van der Waals surface area contributed by atoms with Crippen molar-refractivity contribution in [2.24, 2.45) is 0 Å². The molecule has 0 spiro atoms. The van der Waals surface area contributed by atoms with Crippen LogP contribution < -0.4 is 0 Å². The van der Waals surface area contributed by atoms with E-state index in [0.717, 1.165) is 0 Å². The highest BCUT2D eigenvalue weighted by Gasteiger charge is 2.01. The van der Waals surface area contributed by atoms with Gasteiger partial charge in [0.25, 0.3) is 0 Å². The van der Waals surface area contributed by atoms with E-state index in [1.165, 1.54) is 47.3 Å². The first-order chi connectivity index (χ1) is 48.4. The molecule has 0 radical (unpaired) electrons. The number of hydrogen-bond acceptors (Lipinski definition) is 33. The smallest absolute Gasteiger partial charge is 0.310 e. The van der Waals surface area contributed by atoms with Crippen LogP contribution in [-0.2, 0) is 147 Å². The van der Waals surface area contributed by atoms with Crippen LogP contribution in [0.4, 0.5) is 0 Å². The van der Waals surface area contributed by atoms with Gasteiger partial charge >= 0.3 is 23.9 Å². The molecule has 0 fully saturated rings. The Hall–Kier alpha value is -2.96. The van der Waals surface area contributed by atoms with Gasteiger partial charge in [0.15, 0.2) is 0 Å². The molecule has 0 amide bonds. The maximum absolute atomic E-state index is 10.6. The molecule has 0 saturated carbocycles. The number of rotatable bonds is 75. The molecular formula is C66H135NO32. The van der Waals surface area contributed by atoms with Crippen LogP contribution in [0.15, 0.2) is 0 Å². The van der Waals surface area contributed by atoms with E-state index >= 15 is 0 Å². The van der Waals surface area contributed by atoms with Gasteiger partial charge in [0.05, 0.1) is 317 Å². The lowest BCUT2D eigenvalue weighted by atomic mass is 10.5. The summed E-state index contributed by atoms with van der Waals surface area (Å²) in [6.45, 7) is 41.2. The van der Waals surface area contributed by atoms with Gasteiger partial charge in [-0.3, -0.25) is 19.2 Å². The highest BCUT2D eigenvalue weighted by Crippen LogP contribution is 1.92. The Kier molecular flexibility index (Phi) is 107. The van der Waals surface area contributed by atoms with Crippen LogP contribution in [0.2, 0.25) is 0 Å². The molecule has 0 bridgehead atoms. The van der Waals surface area contributed by atoms with Crippen molar-refractivity contribution in [2.75, 3.05) is 358 Å². The van der Waals surface area contributed by atoms with Crippen molar-refractivity contribution in [2.45, 2.75) is 55.4 Å². The number of ether oxygens (including phenoxy) is 27. The number of carbonyl (C=O) groups is 4. The fraction of sp³-hybridized carbons (Fsp3) is 0.939. The minimum absolute atomic E-state index is 0.0269. The average molecular weight is 1450 g/mol. The van der Waals surface area contributed by atoms with Crippen LogP contribution in [0.25, 0.3) is 0 Å². The molecule has 0 rings (SSSR count). The van der Waals surface area contributed by atoms with E-state index in [-0.39, 0.29) is 25.2 Å². The maximum atomic E-state index is 10.6. The van der Waals surface area contributed by atoms with Crippen LogP contribution in [0, 0.1) is 0 Å². The van der Waals surface area contributed by atoms with E-state index in [1.807, 2.05) is 0 Å². The van der Waals surface area contributed by atoms with E-state index in [1.54, 1.807) is 21.1 Å². The summed E-state index contributed by atoms with van der Waals surface area (Å²) in [5.41, 5.74) is 0. The number of nitrogens with zero attached hydrogens (tertiary/aromatic N) is 1. The van der Waals surface area contributed by atoms with Gasteiger partial charge in [0.2, 0.25) is 0 Å². The highest BCUT2D eigenvalue weighted by molar-refractivity contribution is 5.82. The van der Waals surface area contributed by atoms with E-state index < -0.39 is 11.9 Å². The molecule has 99 heavy (non-hydrogen) atoms. The molecular weight excluding hydrogens is 1320 g/mol. The predicted molar refractivity (Wildman–Crippen MR) is 364 cm³/mol. The van der Waals surface area contributed by atoms with E-state index in [2.05, 4.69) is 35.1 Å². The molecule has 0 aromatic carbocycles. The van der Waals surface area contributed by atoms with E-state index in [0.29, 0.717) is 311 Å². The van der Waals surface area contributed by atoms with Crippen molar-refractivity contribution in [3.63, 3.8) is 0 Å². The Balaban J connectivity index is -0.000000464. The zero-order valence-corrected chi connectivity index (χ0v) is 62.3. The Labute approximate surface area is 592 Å². The molecule has 0 heterocycles. The second kappa shape index (κ2) is 101. The second-order valence-electron chi connectivity index (χ2n) is 19.2. The zero-order chi connectivity index (χ0) is 73.7. The summed E-state index contributed by atoms with van der Waals surface area (Å²) in [5.74, 6) is -1.65. The molecule has 33 heteroatoms. The lowest BCUT2D eigenvalue weighted by Crippen LogP contribution is -2.21. The van der Waals surface area contributed by atoms with Gasteiger partial charge in [0, 0.05) is 41.9 Å². The topological polar surface area (TPSA) is 341 Å². The summed E-state index contributed by atoms with van der Waals surface area (Å²) in [5, 5.41) is 8.56. The number of methoxy groups -OCH3 is 2. The molecule has 0 aliphatic rings. The first-order valence-corrected chi connectivity index (χ1v) is 34.4. The van der Waals surface area contributed by atoms with E-state index in [4.69, 9.17) is 124 Å². The molecule has 0 aliphatic carbocycles. The summed E-state index contributed by atoms with van der Waals surface area (Å²) >= 11 is 0. The van der Waals surface area contributed by atoms with Gasteiger partial charge in [-0.15, -0.1) is 0 Å². The van der Waals surface area contributed by atoms with Crippen LogP contribution in [0.1, 0.15) is 55.4 Å². The highest BCUT2D eigenvalue weighted by atomic mass is 16.6. The standard InChI is InChI=1S/C27H54O14.C25H52O13.C6H15N.C4H6O3.C4H8O2/c1-27(28)41-26-25-40-24-23-39-22-21-38-20-19-37-18-17-36-16-15-35-14-13-34-12-11-33-10-9-32-8-7-31-6-5-30-4-3-29-2;1-27-4-5-29-8-9-31-12-13-33-16-17-35-20-21-37-24-25-38-23-22-36-19-18-34-15-14-32-11-10-30-7-6-28-3-2-26;1-4-7(5-2)6-3;1-3(5)7-4(2)6;1-3-6-4(2)5/h3-26H2,1-2H3;26H,2-25H2,1H3;4-6H2,1-3H3;1-2H3;3H2,1-2H3. The third-order valence-corrected chi connectivity index (χ3v) is 11.0. The average Bonchev–Trinajstić information content (AvgIpc) is 3.61. The Morgan fingerprint density at radius 2 is 0.374 bits per heavy atom. The van der Waals surface area contributed by atoms with Gasteiger partial charge in [-0.2, -0.15) is 0 Å². The van der Waals surface area contributed by atoms with Gasteiger partial charge < -0.3 is 138 Å². The summed E-state index contributed by atoms with van der Waals surface area (Å²) < 4.78 is 141. The Morgan fingerprint density at radius 3 is 0.465 bits per heavy atom. The zero-order valence-electron chi connectivity index (χ0n) is 62.3. The quantitative estimate of drug-likeness (QED) is 0.0395. The first-order valence-electron chi connectivity index (χ1n) is 34.4. The molecule has 0 saturated heterocycles. The third-order valence-electron chi connectivity index (χ3n) is 11.0. The number of esters is 4. The lowest BCUT2D eigenvalue weighted by molar-refractivity contribution is -0.156. The first kappa shape index (κ1) is 105. The van der Waals surface area contributed by atoms with Crippen molar-refractivity contribution in [1.82, 2.24) is 4.90 Å². The molecule has 596 valence electrons. The number of aliphatic hydroxyl groups is 1. The molecule has 0 unspecified atom stereocenters. The fourth-order valence-corrected chi connectivity index (χ4v) is 6.27. The molecule has 33 nitrogen and oxygen atoms in total. The molecule has 0 aliphatic heterocycles. The summed E-state index contributed by atoms with van der Waals surface area (Å²) in [6.07, 6.45) is 0. The van der Waals surface area contributed by atoms with Crippen molar-refractivity contribution in [1.29, 1.82) is 0 Å². The maximum Gasteiger partial charge on any atom is 0.310 e. The van der Waals surface area contributed by atoms with Crippen LogP contribution >= 0.6 is 0 Å². The normalized spacial score (nSPS) is 10.9. The second-order valence-corrected chi connectivity index (χ2v) is 19.2. The minimum atomic E-state index is -0.562.